The van der Waals surface area contributed by atoms with Gasteiger partial charge in [0.05, 0.1) is 11.7 Å². The number of nitrogens with one attached hydrogen (secondary N) is 1. The Morgan fingerprint density at radius 2 is 1.32 bits per heavy atom. The molecule has 1 N–H and O–H groups in total. The van der Waals surface area contributed by atoms with Crippen LogP contribution in [0.15, 0.2) is 155 Å². The summed E-state index contributed by atoms with van der Waals surface area (Å²) in [5, 5.41) is 8.63. The molecule has 0 spiro atoms. The highest BCUT2D eigenvalue weighted by molar-refractivity contribution is 7.26. The second-order valence-electron chi connectivity index (χ2n) is 11.2. The normalized spacial score (nSPS) is 15.0. The third-order valence-corrected chi connectivity index (χ3v) is 9.75. The third-order valence-electron chi connectivity index (χ3n) is 8.55. The number of hydrogen-bond donors (Lipinski definition) is 1. The maximum absolute atomic E-state index is 6.25. The Morgan fingerprint density at radius 3 is 2.18 bits per heavy atom. The summed E-state index contributed by atoms with van der Waals surface area (Å²) in [6.07, 6.45) is 2.26. The van der Waals surface area contributed by atoms with Crippen LogP contribution in [0.4, 0.5) is 0 Å². The summed E-state index contributed by atoms with van der Waals surface area (Å²) in [5.74, 6) is 0.883. The molecular weight excluding hydrogens is 557 g/mol. The van der Waals surface area contributed by atoms with Crippen molar-refractivity contribution in [2.24, 2.45) is 4.99 Å². The van der Waals surface area contributed by atoms with E-state index in [1.807, 2.05) is 35.6 Å². The molecule has 0 amide bonds. The molecule has 0 fully saturated rings. The molecule has 44 heavy (non-hydrogen) atoms. The topological polar surface area (TPSA) is 37.5 Å². The number of aliphatic imine (C=N–C) groups is 1. The monoisotopic (exact) mass is 582 g/mol. The van der Waals surface area contributed by atoms with Crippen molar-refractivity contribution in [3.05, 3.63) is 162 Å². The van der Waals surface area contributed by atoms with Crippen molar-refractivity contribution in [3.8, 4) is 11.1 Å². The Morgan fingerprint density at radius 1 is 0.591 bits per heavy atom. The standard InChI is InChI=1S/C40H26N2OS/c1-3-11-25(12-4-1)33-24-34(42-40(41-33)26-13-5-2-6-14-26)31-17-10-20-37-38(31)32-18-9-16-28(39(32)44-37)27-21-22-30-29-15-7-8-19-35(29)43-36(30)23-27/h1-24,34H,(H,41,42). The fraction of sp³-hybridized carbons (Fsp3) is 0.0250. The summed E-state index contributed by atoms with van der Waals surface area (Å²) < 4.78 is 8.81. The number of rotatable bonds is 4. The van der Waals surface area contributed by atoms with Crippen LogP contribution in [0, 0.1) is 0 Å². The van der Waals surface area contributed by atoms with Crippen LogP contribution in [0.25, 0.3) is 58.9 Å². The first kappa shape index (κ1) is 25.1. The Labute approximate surface area is 258 Å². The van der Waals surface area contributed by atoms with E-state index < -0.39 is 0 Å². The van der Waals surface area contributed by atoms with Crippen molar-refractivity contribution in [1.29, 1.82) is 0 Å². The van der Waals surface area contributed by atoms with Gasteiger partial charge < -0.3 is 9.73 Å². The molecular formula is C40H26N2OS. The van der Waals surface area contributed by atoms with Crippen molar-refractivity contribution >= 4 is 65.0 Å². The molecule has 1 aliphatic rings. The average Bonchev–Trinajstić information content (AvgIpc) is 3.67. The van der Waals surface area contributed by atoms with E-state index in [1.165, 1.54) is 31.3 Å². The summed E-state index contributed by atoms with van der Waals surface area (Å²) in [7, 11) is 0. The molecule has 1 unspecified atom stereocenters. The Balaban J connectivity index is 1.21. The lowest BCUT2D eigenvalue weighted by atomic mass is 9.95. The Kier molecular flexibility index (Phi) is 5.75. The Bertz CT molecular complexity index is 2420. The van der Waals surface area contributed by atoms with Crippen molar-refractivity contribution < 1.29 is 4.42 Å². The number of fused-ring (bicyclic) bond motifs is 6. The van der Waals surface area contributed by atoms with E-state index in [2.05, 4.69) is 127 Å². The van der Waals surface area contributed by atoms with Gasteiger partial charge in [0, 0.05) is 36.5 Å². The number of nitrogens with zero attached hydrogens (tertiary/aromatic N) is 1. The summed E-state index contributed by atoms with van der Waals surface area (Å²) in [5.41, 5.74) is 8.63. The predicted molar refractivity (Wildman–Crippen MR) is 185 cm³/mol. The van der Waals surface area contributed by atoms with E-state index in [0.29, 0.717) is 0 Å². The van der Waals surface area contributed by atoms with Gasteiger partial charge in [-0.25, -0.2) is 4.99 Å². The van der Waals surface area contributed by atoms with Crippen LogP contribution >= 0.6 is 11.3 Å². The van der Waals surface area contributed by atoms with Gasteiger partial charge in [0.1, 0.15) is 17.0 Å². The van der Waals surface area contributed by atoms with Crippen LogP contribution in [-0.4, -0.2) is 5.84 Å². The van der Waals surface area contributed by atoms with Crippen molar-refractivity contribution in [3.63, 3.8) is 0 Å². The first-order valence-electron chi connectivity index (χ1n) is 14.8. The fourth-order valence-corrected chi connectivity index (χ4v) is 7.75. The average molecular weight is 583 g/mol. The first-order valence-corrected chi connectivity index (χ1v) is 15.7. The van der Waals surface area contributed by atoms with E-state index in [0.717, 1.165) is 50.2 Å². The van der Waals surface area contributed by atoms with Crippen LogP contribution in [0.2, 0.25) is 0 Å². The Hall–Kier alpha value is -5.45. The zero-order chi connectivity index (χ0) is 29.0. The van der Waals surface area contributed by atoms with Crippen LogP contribution in [-0.2, 0) is 0 Å². The van der Waals surface area contributed by atoms with Gasteiger partial charge in [0.25, 0.3) is 0 Å². The van der Waals surface area contributed by atoms with E-state index in [-0.39, 0.29) is 6.04 Å². The van der Waals surface area contributed by atoms with Gasteiger partial charge in [0.2, 0.25) is 0 Å². The minimum Gasteiger partial charge on any atom is -0.456 e. The van der Waals surface area contributed by atoms with Crippen LogP contribution in [0.3, 0.4) is 0 Å². The molecule has 3 heterocycles. The van der Waals surface area contributed by atoms with Crippen LogP contribution < -0.4 is 5.32 Å². The highest BCUT2D eigenvalue weighted by atomic mass is 32.1. The lowest BCUT2D eigenvalue weighted by molar-refractivity contribution is 0.669. The lowest BCUT2D eigenvalue weighted by Crippen LogP contribution is -2.31. The molecule has 0 aliphatic carbocycles. The first-order chi connectivity index (χ1) is 21.8. The number of thiophene rings is 1. The molecule has 8 aromatic rings. The van der Waals surface area contributed by atoms with Gasteiger partial charge >= 0.3 is 0 Å². The molecule has 6 aromatic carbocycles. The highest BCUT2D eigenvalue weighted by Gasteiger charge is 2.23. The number of benzene rings is 6. The van der Waals surface area contributed by atoms with E-state index in [9.17, 15) is 0 Å². The number of hydrogen-bond acceptors (Lipinski definition) is 4. The van der Waals surface area contributed by atoms with E-state index in [1.54, 1.807) is 0 Å². The number of para-hydroxylation sites is 1. The molecule has 3 nitrogen and oxygen atoms in total. The smallest absolute Gasteiger partial charge is 0.136 e. The molecule has 9 rings (SSSR count). The summed E-state index contributed by atoms with van der Waals surface area (Å²) in [4.78, 5) is 5.08. The minimum atomic E-state index is -0.0463. The quantitative estimate of drug-likeness (QED) is 0.224. The van der Waals surface area contributed by atoms with E-state index >= 15 is 0 Å². The third kappa shape index (κ3) is 4.07. The fourth-order valence-electron chi connectivity index (χ4n) is 6.47. The zero-order valence-electron chi connectivity index (χ0n) is 23.7. The van der Waals surface area contributed by atoms with Crippen LogP contribution in [0.1, 0.15) is 22.7 Å². The largest absolute Gasteiger partial charge is 0.456 e. The zero-order valence-corrected chi connectivity index (χ0v) is 24.5. The second kappa shape index (κ2) is 10.1. The minimum absolute atomic E-state index is 0.0463. The number of furan rings is 1. The molecule has 208 valence electrons. The van der Waals surface area contributed by atoms with Gasteiger partial charge in [-0.2, -0.15) is 0 Å². The van der Waals surface area contributed by atoms with Crippen molar-refractivity contribution in [1.82, 2.24) is 5.32 Å². The maximum Gasteiger partial charge on any atom is 0.136 e. The SMILES string of the molecule is C1=C(c2ccccc2)N=C(c2ccccc2)NC1c1cccc2sc3c(-c4ccc5c(c4)oc4ccccc45)cccc3c12. The lowest BCUT2D eigenvalue weighted by Gasteiger charge is -2.25. The number of amidine groups is 1. The molecule has 4 heteroatoms. The molecule has 1 aliphatic heterocycles. The molecule has 0 bridgehead atoms. The van der Waals surface area contributed by atoms with Crippen molar-refractivity contribution in [2.45, 2.75) is 6.04 Å². The molecule has 1 atom stereocenters. The van der Waals surface area contributed by atoms with E-state index in [4.69, 9.17) is 9.41 Å². The van der Waals surface area contributed by atoms with Crippen LogP contribution in [0.5, 0.6) is 0 Å². The summed E-state index contributed by atoms with van der Waals surface area (Å²) in [6, 6.07) is 49.0. The summed E-state index contributed by atoms with van der Waals surface area (Å²) in [6.45, 7) is 0. The molecule has 0 saturated carbocycles. The van der Waals surface area contributed by atoms with Crippen molar-refractivity contribution in [2.75, 3.05) is 0 Å². The second-order valence-corrected chi connectivity index (χ2v) is 12.2. The maximum atomic E-state index is 6.25. The molecule has 0 saturated heterocycles. The summed E-state index contributed by atoms with van der Waals surface area (Å²) >= 11 is 1.86. The van der Waals surface area contributed by atoms with Gasteiger partial charge in [-0.15, -0.1) is 11.3 Å². The highest BCUT2D eigenvalue weighted by Crippen LogP contribution is 2.44. The molecule has 2 aromatic heterocycles. The van der Waals surface area contributed by atoms with Gasteiger partial charge in [0.15, 0.2) is 0 Å². The predicted octanol–water partition coefficient (Wildman–Crippen LogP) is 10.8. The van der Waals surface area contributed by atoms with Gasteiger partial charge in [-0.1, -0.05) is 115 Å². The van der Waals surface area contributed by atoms with Gasteiger partial charge in [-0.3, -0.25) is 0 Å². The molecule has 0 radical (unpaired) electrons. The van der Waals surface area contributed by atoms with Gasteiger partial charge in [-0.05, 0) is 52.6 Å².